The molecule has 2 saturated heterocycles. The van der Waals surface area contributed by atoms with Gasteiger partial charge in [-0.1, -0.05) is 89.1 Å². The predicted octanol–water partition coefficient (Wildman–Crippen LogP) is 6.73. The molecular formula is C40H54N8O2. The molecule has 2 amide bonds. The number of carbonyl (C=O) groups excluding carboxylic acids is 2. The standard InChI is InChI=1S/C40H54N8O2/c1-7-25(3)35(41-5)39(49)47-21-9-11-33(47)37-43-23-31(45-37)29-17-13-27(14-18-29)28-15-19-30(20-16-28)32-24-44-38(46-32)34-12-10-22-48(34)40(50)36(42-6)26(4)8-2/h13-20,23-26,33-36,41-42H,7-12,21-22H2,1-6H3,(H,43,45)(H,44,46)/t25-,26?,33+,34+,35+,36?/m1/s1. The molecule has 0 aliphatic carbocycles. The predicted molar refractivity (Wildman–Crippen MR) is 199 cm³/mol. The van der Waals surface area contributed by atoms with Crippen LogP contribution in [0.1, 0.15) is 90.0 Å². The fourth-order valence-corrected chi connectivity index (χ4v) is 7.75. The van der Waals surface area contributed by atoms with E-state index >= 15 is 0 Å². The number of nitrogens with zero attached hydrogens (tertiary/aromatic N) is 4. The van der Waals surface area contributed by atoms with Gasteiger partial charge in [0.1, 0.15) is 11.6 Å². The Labute approximate surface area is 296 Å². The number of H-pyrrole nitrogens is 2. The van der Waals surface area contributed by atoms with Crippen LogP contribution in [0.5, 0.6) is 0 Å². The average molecular weight is 679 g/mol. The first-order chi connectivity index (χ1) is 24.3. The molecule has 4 heterocycles. The number of aromatic nitrogens is 4. The highest BCUT2D eigenvalue weighted by atomic mass is 16.2. The number of carbonyl (C=O) groups is 2. The lowest BCUT2D eigenvalue weighted by Gasteiger charge is -2.30. The Morgan fingerprint density at radius 3 is 1.38 bits per heavy atom. The van der Waals surface area contributed by atoms with Crippen molar-refractivity contribution >= 4 is 11.8 Å². The Bertz CT molecular complexity index is 1600. The Balaban J connectivity index is 1.11. The van der Waals surface area contributed by atoms with Gasteiger partial charge in [0.15, 0.2) is 0 Å². The van der Waals surface area contributed by atoms with E-state index in [4.69, 9.17) is 9.97 Å². The first-order valence-electron chi connectivity index (χ1n) is 18.5. The lowest BCUT2D eigenvalue weighted by Crippen LogP contribution is -2.48. The molecule has 2 aromatic carbocycles. The van der Waals surface area contributed by atoms with Crippen molar-refractivity contribution in [2.75, 3.05) is 27.2 Å². The number of hydrogen-bond donors (Lipinski definition) is 4. The van der Waals surface area contributed by atoms with Crippen LogP contribution in [-0.2, 0) is 9.59 Å². The van der Waals surface area contributed by atoms with Gasteiger partial charge in [0.25, 0.3) is 0 Å². The van der Waals surface area contributed by atoms with Crippen molar-refractivity contribution in [1.29, 1.82) is 0 Å². The minimum atomic E-state index is -0.181. The number of likely N-dealkylation sites (tertiary alicyclic amines) is 2. The molecule has 4 aromatic rings. The van der Waals surface area contributed by atoms with Gasteiger partial charge in [-0.25, -0.2) is 9.97 Å². The second-order valence-corrected chi connectivity index (χ2v) is 14.2. The quantitative estimate of drug-likeness (QED) is 0.124. The zero-order valence-corrected chi connectivity index (χ0v) is 30.5. The van der Waals surface area contributed by atoms with Crippen LogP contribution in [0.25, 0.3) is 33.6 Å². The maximum Gasteiger partial charge on any atom is 0.240 e. The summed E-state index contributed by atoms with van der Waals surface area (Å²) in [5.41, 5.74) is 6.27. The minimum Gasteiger partial charge on any atom is -0.340 e. The highest BCUT2D eigenvalue weighted by Crippen LogP contribution is 2.35. The maximum absolute atomic E-state index is 13.5. The van der Waals surface area contributed by atoms with E-state index in [1.807, 2.05) is 36.3 Å². The molecule has 0 bridgehead atoms. The van der Waals surface area contributed by atoms with E-state index in [0.717, 1.165) is 96.9 Å². The number of amides is 2. The number of hydrogen-bond acceptors (Lipinski definition) is 6. The first kappa shape index (κ1) is 35.5. The monoisotopic (exact) mass is 678 g/mol. The molecule has 0 spiro atoms. The summed E-state index contributed by atoms with van der Waals surface area (Å²) in [7, 11) is 3.75. The summed E-state index contributed by atoms with van der Waals surface area (Å²) >= 11 is 0. The molecule has 2 aliphatic heterocycles. The molecule has 2 unspecified atom stereocenters. The topological polar surface area (TPSA) is 122 Å². The van der Waals surface area contributed by atoms with Gasteiger partial charge in [-0.3, -0.25) is 9.59 Å². The summed E-state index contributed by atoms with van der Waals surface area (Å²) in [5.74, 6) is 2.58. The second-order valence-electron chi connectivity index (χ2n) is 14.2. The summed E-state index contributed by atoms with van der Waals surface area (Å²) < 4.78 is 0. The van der Waals surface area contributed by atoms with Gasteiger partial charge >= 0.3 is 0 Å². The summed E-state index contributed by atoms with van der Waals surface area (Å²) in [6.45, 7) is 10.0. The molecule has 266 valence electrons. The van der Waals surface area contributed by atoms with Crippen LogP contribution in [0.2, 0.25) is 0 Å². The third-order valence-corrected chi connectivity index (χ3v) is 11.2. The van der Waals surface area contributed by atoms with Gasteiger partial charge in [-0.15, -0.1) is 0 Å². The van der Waals surface area contributed by atoms with Crippen LogP contribution >= 0.6 is 0 Å². The van der Waals surface area contributed by atoms with Gasteiger partial charge in [0.2, 0.25) is 11.8 Å². The summed E-state index contributed by atoms with van der Waals surface area (Å²) in [6, 6.07) is 16.6. The Hall–Kier alpha value is -4.28. The molecular weight excluding hydrogens is 624 g/mol. The number of likely N-dealkylation sites (N-methyl/N-ethyl adjacent to an activating group) is 2. The Morgan fingerprint density at radius 1 is 0.680 bits per heavy atom. The molecule has 50 heavy (non-hydrogen) atoms. The largest absolute Gasteiger partial charge is 0.340 e. The Morgan fingerprint density at radius 2 is 1.04 bits per heavy atom. The summed E-state index contributed by atoms with van der Waals surface area (Å²) in [6.07, 6.45) is 9.46. The number of rotatable bonds is 13. The van der Waals surface area contributed by atoms with Gasteiger partial charge in [-0.2, -0.15) is 0 Å². The molecule has 6 atom stereocenters. The zero-order valence-electron chi connectivity index (χ0n) is 30.5. The second kappa shape index (κ2) is 15.7. The van der Waals surface area contributed by atoms with E-state index in [9.17, 15) is 9.59 Å². The maximum atomic E-state index is 13.5. The van der Waals surface area contributed by atoms with Crippen LogP contribution in [0.3, 0.4) is 0 Å². The van der Waals surface area contributed by atoms with Gasteiger partial charge in [0, 0.05) is 13.1 Å². The molecule has 4 N–H and O–H groups in total. The molecule has 2 aromatic heterocycles. The zero-order chi connectivity index (χ0) is 35.4. The molecule has 0 saturated carbocycles. The van der Waals surface area contributed by atoms with Gasteiger partial charge in [-0.05, 0) is 73.9 Å². The lowest BCUT2D eigenvalue weighted by atomic mass is 9.97. The lowest BCUT2D eigenvalue weighted by molar-refractivity contribution is -0.136. The van der Waals surface area contributed by atoms with Crippen molar-refractivity contribution in [1.82, 2.24) is 40.4 Å². The van der Waals surface area contributed by atoms with E-state index in [2.05, 4.69) is 96.8 Å². The number of benzene rings is 2. The van der Waals surface area contributed by atoms with Crippen molar-refractivity contribution in [2.24, 2.45) is 11.8 Å². The molecule has 10 heteroatoms. The molecule has 6 rings (SSSR count). The summed E-state index contributed by atoms with van der Waals surface area (Å²) in [4.78, 5) is 47.5. The van der Waals surface area contributed by atoms with E-state index in [-0.39, 0.29) is 47.8 Å². The van der Waals surface area contributed by atoms with E-state index < -0.39 is 0 Å². The molecule has 2 fully saturated rings. The number of aromatic amines is 2. The van der Waals surface area contributed by atoms with Crippen LogP contribution in [0.4, 0.5) is 0 Å². The minimum absolute atomic E-state index is 0.0279. The fraction of sp³-hybridized carbons (Fsp3) is 0.500. The van der Waals surface area contributed by atoms with Crippen molar-refractivity contribution in [3.05, 3.63) is 72.6 Å². The highest BCUT2D eigenvalue weighted by Gasteiger charge is 2.38. The van der Waals surface area contributed by atoms with E-state index in [0.29, 0.717) is 0 Å². The third-order valence-electron chi connectivity index (χ3n) is 11.2. The number of nitrogens with one attached hydrogen (secondary N) is 4. The fourth-order valence-electron chi connectivity index (χ4n) is 7.75. The van der Waals surface area contributed by atoms with Crippen molar-refractivity contribution in [3.63, 3.8) is 0 Å². The molecule has 2 aliphatic rings. The van der Waals surface area contributed by atoms with E-state index in [1.54, 1.807) is 0 Å². The van der Waals surface area contributed by atoms with Crippen LogP contribution in [-0.4, -0.2) is 80.8 Å². The van der Waals surface area contributed by atoms with Gasteiger partial charge < -0.3 is 30.4 Å². The van der Waals surface area contributed by atoms with E-state index in [1.165, 1.54) is 0 Å². The highest BCUT2D eigenvalue weighted by molar-refractivity contribution is 5.83. The van der Waals surface area contributed by atoms with Crippen molar-refractivity contribution in [3.8, 4) is 33.6 Å². The SMILES string of the molecule is CCC(C)C(NC)C(=O)N1CCC[C@H]1c1ncc(-c2ccc(-c3ccc(-c4cnc([C@@H]5CCCN5C(=O)[C@@H](NC)[C@H](C)CC)[nH]4)cc3)cc2)[nH]1. The summed E-state index contributed by atoms with van der Waals surface area (Å²) in [5, 5.41) is 6.50. The van der Waals surface area contributed by atoms with Crippen LogP contribution < -0.4 is 10.6 Å². The third kappa shape index (κ3) is 7.14. The average Bonchev–Trinajstić information content (AvgIpc) is 3.98. The number of imidazole rings is 2. The van der Waals surface area contributed by atoms with Crippen molar-refractivity contribution < 1.29 is 9.59 Å². The normalized spacial score (nSPS) is 20.2. The Kier molecular flexibility index (Phi) is 11.2. The molecule has 10 nitrogen and oxygen atoms in total. The van der Waals surface area contributed by atoms with Crippen LogP contribution in [0, 0.1) is 11.8 Å². The molecule has 0 radical (unpaired) electrons. The van der Waals surface area contributed by atoms with Gasteiger partial charge in [0.05, 0.1) is 47.9 Å². The van der Waals surface area contributed by atoms with Crippen molar-refractivity contribution in [2.45, 2.75) is 90.4 Å². The van der Waals surface area contributed by atoms with Crippen LogP contribution in [0.15, 0.2) is 60.9 Å². The first-order valence-corrected chi connectivity index (χ1v) is 18.5. The smallest absolute Gasteiger partial charge is 0.240 e.